The van der Waals surface area contributed by atoms with E-state index in [1.807, 2.05) is 6.07 Å². The number of carboxylic acid groups (broad SMARTS) is 1. The maximum Gasteiger partial charge on any atom is 0.305 e. The number of rotatable bonds is 4. The Kier molecular flexibility index (Phi) is 4.73. The third kappa shape index (κ3) is 3.75. The summed E-state index contributed by atoms with van der Waals surface area (Å²) in [7, 11) is 0. The van der Waals surface area contributed by atoms with Crippen molar-refractivity contribution >= 4 is 23.2 Å². The average Bonchev–Trinajstić information content (AvgIpc) is 2.90. The number of nitrogens with one attached hydrogen (secondary N) is 1. The second-order valence-electron chi connectivity index (χ2n) is 6.82. The second-order valence-corrected chi connectivity index (χ2v) is 7.96. The molecule has 3 rings (SSSR count). The SMILES string of the molecule is CC1CCc2sc(C(=O)NC3(CC(=O)O)CCOCC3)cc2C1. The minimum absolute atomic E-state index is 0.0514. The highest BCUT2D eigenvalue weighted by atomic mass is 32.1. The molecule has 126 valence electrons. The molecule has 2 N–H and O–H groups in total. The van der Waals surface area contributed by atoms with Gasteiger partial charge in [-0.3, -0.25) is 9.59 Å². The standard InChI is InChI=1S/C17H23NO4S/c1-11-2-3-13-12(8-11)9-14(23-13)16(21)18-17(10-15(19)20)4-6-22-7-5-17/h9,11H,2-8,10H2,1H3,(H,18,21)(H,19,20). The number of carbonyl (C=O) groups excluding carboxylic acids is 1. The van der Waals surface area contributed by atoms with E-state index in [0.717, 1.165) is 12.8 Å². The number of carboxylic acids is 1. The van der Waals surface area contributed by atoms with Crippen LogP contribution < -0.4 is 5.32 Å². The molecule has 1 unspecified atom stereocenters. The monoisotopic (exact) mass is 337 g/mol. The summed E-state index contributed by atoms with van der Waals surface area (Å²) in [6, 6.07) is 2.00. The molecular formula is C17H23NO4S. The van der Waals surface area contributed by atoms with E-state index in [1.165, 1.54) is 16.9 Å². The highest BCUT2D eigenvalue weighted by molar-refractivity contribution is 7.14. The molecule has 2 aliphatic rings. The average molecular weight is 337 g/mol. The van der Waals surface area contributed by atoms with E-state index in [-0.39, 0.29) is 12.3 Å². The topological polar surface area (TPSA) is 75.6 Å². The first-order valence-electron chi connectivity index (χ1n) is 8.21. The molecule has 2 heterocycles. The van der Waals surface area contributed by atoms with Crippen LogP contribution in [0.4, 0.5) is 0 Å². The van der Waals surface area contributed by atoms with Crippen LogP contribution in [-0.4, -0.2) is 35.7 Å². The van der Waals surface area contributed by atoms with Crippen LogP contribution in [0.15, 0.2) is 6.07 Å². The molecule has 1 aliphatic carbocycles. The fourth-order valence-electron chi connectivity index (χ4n) is 3.52. The third-order valence-electron chi connectivity index (χ3n) is 4.87. The van der Waals surface area contributed by atoms with Crippen molar-refractivity contribution in [2.24, 2.45) is 5.92 Å². The second kappa shape index (κ2) is 6.61. The first kappa shape index (κ1) is 16.5. The van der Waals surface area contributed by atoms with Crippen molar-refractivity contribution < 1.29 is 19.4 Å². The van der Waals surface area contributed by atoms with Gasteiger partial charge in [-0.15, -0.1) is 11.3 Å². The van der Waals surface area contributed by atoms with Crippen LogP contribution in [-0.2, 0) is 22.4 Å². The molecule has 0 saturated carbocycles. The fourth-order valence-corrected chi connectivity index (χ4v) is 4.62. The Hall–Kier alpha value is -1.40. The summed E-state index contributed by atoms with van der Waals surface area (Å²) >= 11 is 1.56. The number of hydrogen-bond acceptors (Lipinski definition) is 4. The van der Waals surface area contributed by atoms with E-state index in [1.54, 1.807) is 11.3 Å². The predicted molar refractivity (Wildman–Crippen MR) is 88.0 cm³/mol. The molecule has 1 aliphatic heterocycles. The van der Waals surface area contributed by atoms with E-state index in [2.05, 4.69) is 12.2 Å². The highest BCUT2D eigenvalue weighted by Gasteiger charge is 2.37. The van der Waals surface area contributed by atoms with Gasteiger partial charge in [0.1, 0.15) is 0 Å². The van der Waals surface area contributed by atoms with Gasteiger partial charge >= 0.3 is 5.97 Å². The molecule has 0 radical (unpaired) electrons. The van der Waals surface area contributed by atoms with E-state index >= 15 is 0 Å². The van der Waals surface area contributed by atoms with Gasteiger partial charge in [0, 0.05) is 18.1 Å². The van der Waals surface area contributed by atoms with Gasteiger partial charge in [-0.05, 0) is 49.7 Å². The Balaban J connectivity index is 1.75. The zero-order valence-electron chi connectivity index (χ0n) is 13.4. The van der Waals surface area contributed by atoms with Crippen LogP contribution >= 0.6 is 11.3 Å². The van der Waals surface area contributed by atoms with Gasteiger partial charge in [0.05, 0.1) is 16.8 Å². The number of aliphatic carboxylic acids is 1. The summed E-state index contributed by atoms with van der Waals surface area (Å²) in [5.41, 5.74) is 0.608. The molecule has 0 spiro atoms. The van der Waals surface area contributed by atoms with Crippen molar-refractivity contribution in [3.63, 3.8) is 0 Å². The zero-order chi connectivity index (χ0) is 16.4. The number of ether oxygens (including phenoxy) is 1. The van der Waals surface area contributed by atoms with Gasteiger partial charge in [0.25, 0.3) is 5.91 Å². The summed E-state index contributed by atoms with van der Waals surface area (Å²) in [6.45, 7) is 3.22. The molecule has 0 aromatic carbocycles. The molecule has 1 fully saturated rings. The minimum atomic E-state index is -0.883. The molecule has 5 nitrogen and oxygen atoms in total. The van der Waals surface area contributed by atoms with Crippen LogP contribution in [0.5, 0.6) is 0 Å². The molecule has 23 heavy (non-hydrogen) atoms. The van der Waals surface area contributed by atoms with Crippen molar-refractivity contribution in [2.45, 2.75) is 51.0 Å². The largest absolute Gasteiger partial charge is 0.481 e. The van der Waals surface area contributed by atoms with E-state index in [0.29, 0.717) is 36.9 Å². The fraction of sp³-hybridized carbons (Fsp3) is 0.647. The smallest absolute Gasteiger partial charge is 0.305 e. The number of hydrogen-bond donors (Lipinski definition) is 2. The number of carbonyl (C=O) groups is 2. The maximum atomic E-state index is 12.7. The van der Waals surface area contributed by atoms with Crippen molar-refractivity contribution in [3.05, 3.63) is 21.4 Å². The number of fused-ring (bicyclic) bond motifs is 1. The quantitative estimate of drug-likeness (QED) is 0.885. The molecule has 1 aromatic rings. The van der Waals surface area contributed by atoms with Crippen LogP contribution in [0.1, 0.15) is 52.7 Å². The Morgan fingerprint density at radius 1 is 1.43 bits per heavy atom. The lowest BCUT2D eigenvalue weighted by Gasteiger charge is -2.36. The number of thiophene rings is 1. The molecule has 1 saturated heterocycles. The number of aryl methyl sites for hydroxylation is 1. The normalized spacial score (nSPS) is 23.1. The molecular weight excluding hydrogens is 314 g/mol. The Bertz CT molecular complexity index is 604. The summed E-state index contributed by atoms with van der Waals surface area (Å²) in [4.78, 5) is 25.9. The predicted octanol–water partition coefficient (Wildman–Crippen LogP) is 2.63. The summed E-state index contributed by atoms with van der Waals surface area (Å²) in [5, 5.41) is 12.2. The molecule has 6 heteroatoms. The Labute approximate surface area is 140 Å². The molecule has 1 atom stereocenters. The van der Waals surface area contributed by atoms with Crippen LogP contribution in [0.3, 0.4) is 0 Å². The summed E-state index contributed by atoms with van der Waals surface area (Å²) in [6.07, 6.45) is 4.30. The minimum Gasteiger partial charge on any atom is -0.481 e. The highest BCUT2D eigenvalue weighted by Crippen LogP contribution is 2.33. The lowest BCUT2D eigenvalue weighted by atomic mass is 9.86. The first-order chi connectivity index (χ1) is 11.0. The van der Waals surface area contributed by atoms with Crippen LogP contribution in [0, 0.1) is 5.92 Å². The first-order valence-corrected chi connectivity index (χ1v) is 9.03. The zero-order valence-corrected chi connectivity index (χ0v) is 14.2. The molecule has 1 aromatic heterocycles. The summed E-state index contributed by atoms with van der Waals surface area (Å²) in [5.74, 6) is -0.353. The summed E-state index contributed by atoms with van der Waals surface area (Å²) < 4.78 is 5.33. The van der Waals surface area contributed by atoms with E-state index in [4.69, 9.17) is 4.74 Å². The van der Waals surface area contributed by atoms with Crippen molar-refractivity contribution in [1.29, 1.82) is 0 Å². The lowest BCUT2D eigenvalue weighted by molar-refractivity contribution is -0.139. The third-order valence-corrected chi connectivity index (χ3v) is 6.11. The van der Waals surface area contributed by atoms with Crippen molar-refractivity contribution in [2.75, 3.05) is 13.2 Å². The van der Waals surface area contributed by atoms with Crippen LogP contribution in [0.2, 0.25) is 0 Å². The van der Waals surface area contributed by atoms with Crippen LogP contribution in [0.25, 0.3) is 0 Å². The van der Waals surface area contributed by atoms with Gasteiger partial charge < -0.3 is 15.2 Å². The Morgan fingerprint density at radius 2 is 2.17 bits per heavy atom. The van der Waals surface area contributed by atoms with Gasteiger partial charge in [0.15, 0.2) is 0 Å². The number of amides is 1. The van der Waals surface area contributed by atoms with Gasteiger partial charge in [-0.25, -0.2) is 0 Å². The lowest BCUT2D eigenvalue weighted by Crippen LogP contribution is -2.53. The molecule has 1 amide bonds. The van der Waals surface area contributed by atoms with Crippen molar-refractivity contribution in [1.82, 2.24) is 5.32 Å². The van der Waals surface area contributed by atoms with E-state index < -0.39 is 11.5 Å². The van der Waals surface area contributed by atoms with Gasteiger partial charge in [-0.2, -0.15) is 0 Å². The Morgan fingerprint density at radius 3 is 2.87 bits per heavy atom. The maximum absolute atomic E-state index is 12.7. The molecule has 0 bridgehead atoms. The van der Waals surface area contributed by atoms with Gasteiger partial charge in [0.2, 0.25) is 0 Å². The van der Waals surface area contributed by atoms with Crippen molar-refractivity contribution in [3.8, 4) is 0 Å². The van der Waals surface area contributed by atoms with Gasteiger partial charge in [-0.1, -0.05) is 6.92 Å². The van der Waals surface area contributed by atoms with E-state index in [9.17, 15) is 14.7 Å².